The monoisotopic (exact) mass is 443 g/mol. The number of ether oxygens (including phenoxy) is 1. The van der Waals surface area contributed by atoms with Crippen molar-refractivity contribution < 1.29 is 45.4 Å². The standard InChI is InChI=1S/C19H20F7NO3/c1-2-30-16(28)15(20)27-8-7-13-12-5-4-11(9-10(12)3-6-14(13)27)17(29,18(21,22)23)19(24,25)26/h4-5,9,13-15,29H,2-3,6-8H2,1H3. The van der Waals surface area contributed by atoms with Crippen molar-refractivity contribution in [2.75, 3.05) is 13.2 Å². The maximum atomic E-state index is 14.5. The van der Waals surface area contributed by atoms with Gasteiger partial charge >= 0.3 is 18.3 Å². The topological polar surface area (TPSA) is 49.8 Å². The number of halogens is 7. The molecule has 1 aromatic carbocycles. The molecule has 168 valence electrons. The average molecular weight is 443 g/mol. The van der Waals surface area contributed by atoms with Gasteiger partial charge in [0.2, 0.25) is 0 Å². The molecule has 2 aliphatic rings. The molecule has 1 heterocycles. The number of likely N-dealkylation sites (tertiary alicyclic amines) is 1. The quantitative estimate of drug-likeness (QED) is 0.435. The normalized spacial score (nSPS) is 23.6. The Morgan fingerprint density at radius 2 is 1.83 bits per heavy atom. The van der Waals surface area contributed by atoms with Crippen molar-refractivity contribution in [1.82, 2.24) is 4.90 Å². The lowest BCUT2D eigenvalue weighted by atomic mass is 9.77. The molecule has 1 aliphatic heterocycles. The molecule has 1 saturated heterocycles. The van der Waals surface area contributed by atoms with Crippen molar-refractivity contribution in [3.8, 4) is 0 Å². The molecular formula is C19H20F7NO3. The van der Waals surface area contributed by atoms with E-state index in [0.29, 0.717) is 18.1 Å². The van der Waals surface area contributed by atoms with Gasteiger partial charge in [-0.25, -0.2) is 9.18 Å². The van der Waals surface area contributed by atoms with E-state index in [1.165, 1.54) is 11.8 Å². The summed E-state index contributed by atoms with van der Waals surface area (Å²) >= 11 is 0. The Labute approximate surface area is 167 Å². The van der Waals surface area contributed by atoms with E-state index in [2.05, 4.69) is 4.74 Å². The molecule has 0 aromatic heterocycles. The highest BCUT2D eigenvalue weighted by Crippen LogP contribution is 2.51. The Kier molecular flexibility index (Phi) is 5.83. The minimum atomic E-state index is -5.96. The second-order valence-electron chi connectivity index (χ2n) is 7.45. The van der Waals surface area contributed by atoms with Crippen LogP contribution in [-0.2, 0) is 21.6 Å². The molecule has 1 aliphatic carbocycles. The van der Waals surface area contributed by atoms with Crippen molar-refractivity contribution in [1.29, 1.82) is 0 Å². The fraction of sp³-hybridized carbons (Fsp3) is 0.632. The Morgan fingerprint density at radius 1 is 1.20 bits per heavy atom. The molecule has 0 radical (unpaired) electrons. The number of hydrogen-bond donors (Lipinski definition) is 1. The summed E-state index contributed by atoms with van der Waals surface area (Å²) in [7, 11) is 0. The van der Waals surface area contributed by atoms with Crippen molar-refractivity contribution in [2.24, 2.45) is 0 Å². The van der Waals surface area contributed by atoms with Gasteiger partial charge in [-0.3, -0.25) is 4.90 Å². The molecular weight excluding hydrogens is 423 g/mol. The summed E-state index contributed by atoms with van der Waals surface area (Å²) < 4.78 is 98.1. The van der Waals surface area contributed by atoms with Crippen molar-refractivity contribution in [3.63, 3.8) is 0 Å². The van der Waals surface area contributed by atoms with E-state index in [9.17, 15) is 40.6 Å². The number of aryl methyl sites for hydroxylation is 1. The van der Waals surface area contributed by atoms with Crippen LogP contribution < -0.4 is 0 Å². The van der Waals surface area contributed by atoms with E-state index in [4.69, 9.17) is 0 Å². The summed E-state index contributed by atoms with van der Waals surface area (Å²) in [5.74, 6) is -1.37. The van der Waals surface area contributed by atoms with Crippen molar-refractivity contribution in [2.45, 2.75) is 62.4 Å². The fourth-order valence-corrected chi connectivity index (χ4v) is 4.44. The van der Waals surface area contributed by atoms with Crippen LogP contribution in [0.15, 0.2) is 18.2 Å². The lowest BCUT2D eigenvalue weighted by Crippen LogP contribution is -2.54. The van der Waals surface area contributed by atoms with E-state index < -0.39 is 41.8 Å². The van der Waals surface area contributed by atoms with Crippen LogP contribution in [0, 0.1) is 0 Å². The summed E-state index contributed by atoms with van der Waals surface area (Å²) in [5, 5.41) is 9.61. The number of nitrogens with zero attached hydrogens (tertiary/aromatic N) is 1. The number of benzene rings is 1. The van der Waals surface area contributed by atoms with E-state index in [1.54, 1.807) is 0 Å². The molecule has 0 bridgehead atoms. The Bertz CT molecular complexity index is 794. The Morgan fingerprint density at radius 3 is 2.40 bits per heavy atom. The zero-order chi connectivity index (χ0) is 22.5. The number of alkyl halides is 7. The van der Waals surface area contributed by atoms with Gasteiger partial charge in [0.15, 0.2) is 0 Å². The number of hydrogen-bond acceptors (Lipinski definition) is 4. The summed E-state index contributed by atoms with van der Waals surface area (Å²) in [4.78, 5) is 13.0. The van der Waals surface area contributed by atoms with Gasteiger partial charge in [0, 0.05) is 24.1 Å². The van der Waals surface area contributed by atoms with Crippen LogP contribution in [0.3, 0.4) is 0 Å². The van der Waals surface area contributed by atoms with Gasteiger partial charge in [-0.1, -0.05) is 18.2 Å². The minimum Gasteiger partial charge on any atom is -0.463 e. The fourth-order valence-electron chi connectivity index (χ4n) is 4.44. The smallest absolute Gasteiger partial charge is 0.430 e. The van der Waals surface area contributed by atoms with Crippen molar-refractivity contribution >= 4 is 5.97 Å². The van der Waals surface area contributed by atoms with Crippen molar-refractivity contribution in [3.05, 3.63) is 34.9 Å². The lowest BCUT2D eigenvalue weighted by molar-refractivity contribution is -0.376. The number of rotatable bonds is 4. The van der Waals surface area contributed by atoms with Gasteiger partial charge in [-0.05, 0) is 37.3 Å². The largest absolute Gasteiger partial charge is 0.463 e. The van der Waals surface area contributed by atoms with Gasteiger partial charge in [0.1, 0.15) is 0 Å². The second-order valence-corrected chi connectivity index (χ2v) is 7.45. The third-order valence-electron chi connectivity index (χ3n) is 5.85. The number of esters is 1. The summed E-state index contributed by atoms with van der Waals surface area (Å²) in [6.07, 6.45) is -13.2. The summed E-state index contributed by atoms with van der Waals surface area (Å²) in [6, 6.07) is 2.05. The molecule has 3 unspecified atom stereocenters. The first-order valence-corrected chi connectivity index (χ1v) is 9.38. The molecule has 0 spiro atoms. The minimum absolute atomic E-state index is 0.00805. The van der Waals surface area contributed by atoms with Gasteiger partial charge < -0.3 is 9.84 Å². The van der Waals surface area contributed by atoms with Crippen LogP contribution in [0.2, 0.25) is 0 Å². The molecule has 11 heteroatoms. The van der Waals surface area contributed by atoms with Crippen LogP contribution >= 0.6 is 0 Å². The predicted octanol–water partition coefficient (Wildman–Crippen LogP) is 3.96. The average Bonchev–Trinajstić information content (AvgIpc) is 3.09. The van der Waals surface area contributed by atoms with Gasteiger partial charge in [-0.15, -0.1) is 0 Å². The molecule has 0 saturated carbocycles. The summed E-state index contributed by atoms with van der Waals surface area (Å²) in [5.41, 5.74) is -5.54. The highest BCUT2D eigenvalue weighted by Gasteiger charge is 2.71. The molecule has 30 heavy (non-hydrogen) atoms. The molecule has 0 amide bonds. The highest BCUT2D eigenvalue weighted by atomic mass is 19.4. The maximum Gasteiger partial charge on any atom is 0.430 e. The maximum absolute atomic E-state index is 14.5. The highest BCUT2D eigenvalue weighted by molar-refractivity contribution is 5.74. The van der Waals surface area contributed by atoms with Crippen LogP contribution in [0.4, 0.5) is 30.7 Å². The summed E-state index contributed by atoms with van der Waals surface area (Å²) in [6.45, 7) is 1.74. The van der Waals surface area contributed by atoms with Crippen LogP contribution in [0.1, 0.15) is 42.4 Å². The van der Waals surface area contributed by atoms with E-state index in [1.807, 2.05) is 0 Å². The zero-order valence-corrected chi connectivity index (χ0v) is 15.9. The number of carbonyl (C=O) groups is 1. The Balaban J connectivity index is 1.92. The third-order valence-corrected chi connectivity index (χ3v) is 5.85. The van der Waals surface area contributed by atoms with Gasteiger partial charge in [-0.2, -0.15) is 26.3 Å². The molecule has 1 aromatic rings. The molecule has 1 fully saturated rings. The van der Waals surface area contributed by atoms with Gasteiger partial charge in [0.05, 0.1) is 6.61 Å². The zero-order valence-electron chi connectivity index (χ0n) is 15.9. The number of aliphatic hydroxyl groups is 1. The molecule has 3 rings (SSSR count). The number of carbonyl (C=O) groups excluding carboxylic acids is 1. The Hall–Kier alpha value is -1.88. The first-order chi connectivity index (χ1) is 13.8. The van der Waals surface area contributed by atoms with Crippen LogP contribution in [0.25, 0.3) is 0 Å². The van der Waals surface area contributed by atoms with E-state index in [-0.39, 0.29) is 37.5 Å². The van der Waals surface area contributed by atoms with E-state index in [0.717, 1.165) is 12.1 Å². The van der Waals surface area contributed by atoms with Crippen LogP contribution in [-0.4, -0.2) is 53.8 Å². The lowest BCUT2D eigenvalue weighted by Gasteiger charge is -2.36. The molecule has 3 atom stereocenters. The number of fused-ring (bicyclic) bond motifs is 3. The SMILES string of the molecule is CCOC(=O)C(F)N1CCC2c3ccc(C(O)(C(F)(F)F)C(F)(F)F)cc3CCC21. The first-order valence-electron chi connectivity index (χ1n) is 9.38. The molecule has 1 N–H and O–H groups in total. The predicted molar refractivity (Wildman–Crippen MR) is 90.2 cm³/mol. The first kappa shape index (κ1) is 22.8. The molecule has 4 nitrogen and oxygen atoms in total. The second kappa shape index (κ2) is 7.67. The van der Waals surface area contributed by atoms with Gasteiger partial charge in [0.25, 0.3) is 11.9 Å². The van der Waals surface area contributed by atoms with Crippen LogP contribution in [0.5, 0.6) is 0 Å². The third kappa shape index (κ3) is 3.55. The van der Waals surface area contributed by atoms with E-state index >= 15 is 0 Å².